The van der Waals surface area contributed by atoms with E-state index in [1.807, 2.05) is 49.4 Å². The molecule has 0 aliphatic rings. The van der Waals surface area contributed by atoms with Crippen molar-refractivity contribution in [3.63, 3.8) is 0 Å². The predicted octanol–water partition coefficient (Wildman–Crippen LogP) is 2.98. The van der Waals surface area contributed by atoms with Crippen molar-refractivity contribution in [1.29, 1.82) is 5.26 Å². The third kappa shape index (κ3) is 3.78. The minimum absolute atomic E-state index is 0.150. The normalized spacial score (nSPS) is 15.0. The maximum absolute atomic E-state index is 12.7. The van der Waals surface area contributed by atoms with Crippen LogP contribution in [0.3, 0.4) is 0 Å². The van der Waals surface area contributed by atoms with Gasteiger partial charge in [-0.25, -0.2) is 4.21 Å². The van der Waals surface area contributed by atoms with Gasteiger partial charge in [-0.1, -0.05) is 35.9 Å². The molecule has 0 spiro atoms. The summed E-state index contributed by atoms with van der Waals surface area (Å²) in [7, 11) is -1.32. The Morgan fingerprint density at radius 2 is 1.81 bits per heavy atom. The maximum Gasteiger partial charge on any atom is 0.152 e. The molecule has 0 saturated heterocycles. The van der Waals surface area contributed by atoms with Gasteiger partial charge in [0.2, 0.25) is 0 Å². The zero-order valence-electron chi connectivity index (χ0n) is 12.0. The van der Waals surface area contributed by atoms with Gasteiger partial charge in [-0.2, -0.15) is 5.26 Å². The van der Waals surface area contributed by atoms with Gasteiger partial charge in [0, 0.05) is 16.2 Å². The van der Waals surface area contributed by atoms with Crippen LogP contribution in [0.15, 0.2) is 58.3 Å². The van der Waals surface area contributed by atoms with Gasteiger partial charge in [-0.05, 0) is 37.6 Å². The largest absolute Gasteiger partial charge is 0.375 e. The van der Waals surface area contributed by atoms with Crippen LogP contribution in [0, 0.1) is 18.3 Å². The smallest absolute Gasteiger partial charge is 0.152 e. The average Bonchev–Trinajstić information content (AvgIpc) is 2.47. The van der Waals surface area contributed by atoms with E-state index in [1.54, 1.807) is 12.1 Å². The molecule has 0 fully saturated rings. The Bertz CT molecular complexity index is 699. The van der Waals surface area contributed by atoms with Gasteiger partial charge in [0.05, 0.1) is 16.9 Å². The second-order valence-corrected chi connectivity index (χ2v) is 6.70. The lowest BCUT2D eigenvalue weighted by Crippen LogP contribution is -2.25. The van der Waals surface area contributed by atoms with E-state index < -0.39 is 16.4 Å². The first kappa shape index (κ1) is 15.4. The lowest BCUT2D eigenvalue weighted by Gasteiger charge is -2.16. The highest BCUT2D eigenvalue weighted by Gasteiger charge is 2.23. The number of benzene rings is 2. The van der Waals surface area contributed by atoms with Crippen molar-refractivity contribution in [2.75, 3.05) is 0 Å². The fraction of sp³-hybridized carbons (Fsp3) is 0.235. The van der Waals surface area contributed by atoms with Gasteiger partial charge in [0.15, 0.2) is 5.60 Å². The van der Waals surface area contributed by atoms with Crippen LogP contribution in [0.5, 0.6) is 0 Å². The third-order valence-corrected chi connectivity index (χ3v) is 4.68. The molecule has 0 bridgehead atoms. The van der Waals surface area contributed by atoms with E-state index in [4.69, 9.17) is 5.26 Å². The maximum atomic E-state index is 12.7. The molecule has 0 aliphatic heterocycles. The number of nitriles is 1. The fourth-order valence-corrected chi connectivity index (χ4v) is 3.25. The summed E-state index contributed by atoms with van der Waals surface area (Å²) in [5.74, 6) is 0. The summed E-state index contributed by atoms with van der Waals surface area (Å²) in [5.41, 5.74) is 0.368. The highest BCUT2D eigenvalue weighted by atomic mass is 32.2. The van der Waals surface area contributed by atoms with Crippen LogP contribution in [-0.4, -0.2) is 14.9 Å². The van der Waals surface area contributed by atoms with Gasteiger partial charge in [-0.3, -0.25) is 0 Å². The molecule has 0 unspecified atom stereocenters. The molecule has 2 rings (SSSR count). The molecule has 21 heavy (non-hydrogen) atoms. The lowest BCUT2D eigenvalue weighted by molar-refractivity contribution is 0.119. The van der Waals surface area contributed by atoms with Gasteiger partial charge in [0.1, 0.15) is 0 Å². The van der Waals surface area contributed by atoms with Gasteiger partial charge in [0.25, 0.3) is 0 Å². The zero-order valence-corrected chi connectivity index (χ0v) is 12.9. The molecule has 0 radical (unpaired) electrons. The molecule has 0 aliphatic carbocycles. The van der Waals surface area contributed by atoms with Crippen LogP contribution in [0.1, 0.15) is 18.1 Å². The SMILES string of the molecule is Cc1ccc([S@](=O)c2ccccc2C[C@](C)(O)C#N)cc1. The number of hydrogen-bond acceptors (Lipinski definition) is 3. The summed E-state index contributed by atoms with van der Waals surface area (Å²) >= 11 is 0. The Kier molecular flexibility index (Phi) is 4.56. The highest BCUT2D eigenvalue weighted by molar-refractivity contribution is 7.85. The summed E-state index contributed by atoms with van der Waals surface area (Å²) in [6, 6.07) is 16.6. The van der Waals surface area contributed by atoms with Crippen molar-refractivity contribution in [1.82, 2.24) is 0 Å². The van der Waals surface area contributed by atoms with Crippen molar-refractivity contribution in [3.05, 3.63) is 59.7 Å². The van der Waals surface area contributed by atoms with Crippen molar-refractivity contribution in [2.24, 2.45) is 0 Å². The monoisotopic (exact) mass is 299 g/mol. The van der Waals surface area contributed by atoms with E-state index in [1.165, 1.54) is 6.92 Å². The minimum atomic E-state index is -1.46. The van der Waals surface area contributed by atoms with Crippen LogP contribution in [0.25, 0.3) is 0 Å². The third-order valence-electron chi connectivity index (χ3n) is 3.18. The first-order chi connectivity index (χ1) is 9.93. The van der Waals surface area contributed by atoms with Crippen LogP contribution in [0.2, 0.25) is 0 Å². The Balaban J connectivity index is 2.38. The van der Waals surface area contributed by atoms with Crippen LogP contribution in [0.4, 0.5) is 0 Å². The topological polar surface area (TPSA) is 61.1 Å². The molecule has 0 saturated carbocycles. The quantitative estimate of drug-likeness (QED) is 0.883. The summed E-state index contributed by atoms with van der Waals surface area (Å²) in [6.07, 6.45) is 0.150. The van der Waals surface area contributed by atoms with Crippen molar-refractivity contribution < 1.29 is 9.32 Å². The number of nitrogens with zero attached hydrogens (tertiary/aromatic N) is 1. The summed E-state index contributed by atoms with van der Waals surface area (Å²) in [4.78, 5) is 1.35. The Hall–Kier alpha value is -1.96. The van der Waals surface area contributed by atoms with Crippen LogP contribution in [-0.2, 0) is 17.2 Å². The standard InChI is InChI=1S/C17H17NO2S/c1-13-7-9-15(10-8-13)21(20)16-6-4-3-5-14(16)11-17(2,19)12-18/h3-10,19H,11H2,1-2H3/t17-,21-/m0/s1. The Morgan fingerprint density at radius 1 is 1.19 bits per heavy atom. The molecular weight excluding hydrogens is 282 g/mol. The van der Waals surface area contributed by atoms with Gasteiger partial charge in [-0.15, -0.1) is 0 Å². The Labute approximate surface area is 127 Å². The predicted molar refractivity (Wildman–Crippen MR) is 82.2 cm³/mol. The number of aryl methyl sites for hydroxylation is 1. The first-order valence-corrected chi connectivity index (χ1v) is 7.78. The van der Waals surface area contributed by atoms with E-state index in [-0.39, 0.29) is 6.42 Å². The summed E-state index contributed by atoms with van der Waals surface area (Å²) in [6.45, 7) is 3.43. The van der Waals surface area contributed by atoms with Crippen molar-refractivity contribution in [2.45, 2.75) is 35.7 Å². The van der Waals surface area contributed by atoms with Crippen LogP contribution < -0.4 is 0 Å². The second kappa shape index (κ2) is 6.21. The molecule has 0 heterocycles. The number of aliphatic hydroxyl groups is 1. The summed E-state index contributed by atoms with van der Waals surface area (Å²) in [5, 5.41) is 18.9. The van der Waals surface area contributed by atoms with E-state index in [0.29, 0.717) is 9.79 Å². The molecular formula is C17H17NO2S. The van der Waals surface area contributed by atoms with Gasteiger partial charge >= 0.3 is 0 Å². The number of rotatable bonds is 4. The molecule has 2 aromatic rings. The Morgan fingerprint density at radius 3 is 2.43 bits per heavy atom. The van der Waals surface area contributed by atoms with E-state index in [9.17, 15) is 9.32 Å². The molecule has 1 N–H and O–H groups in total. The molecule has 0 aromatic heterocycles. The number of hydrogen-bond donors (Lipinski definition) is 1. The van der Waals surface area contributed by atoms with Crippen molar-refractivity contribution in [3.8, 4) is 6.07 Å². The molecule has 2 atom stereocenters. The molecule has 3 nitrogen and oxygen atoms in total. The fourth-order valence-electron chi connectivity index (χ4n) is 2.03. The zero-order chi connectivity index (χ0) is 15.5. The molecule has 4 heteroatoms. The molecule has 0 amide bonds. The van der Waals surface area contributed by atoms with E-state index in [2.05, 4.69) is 0 Å². The van der Waals surface area contributed by atoms with E-state index >= 15 is 0 Å². The minimum Gasteiger partial charge on any atom is -0.375 e. The molecule has 108 valence electrons. The lowest BCUT2D eigenvalue weighted by atomic mass is 9.98. The van der Waals surface area contributed by atoms with Gasteiger partial charge < -0.3 is 5.11 Å². The average molecular weight is 299 g/mol. The highest BCUT2D eigenvalue weighted by Crippen LogP contribution is 2.23. The second-order valence-electron chi connectivity index (χ2n) is 5.25. The van der Waals surface area contributed by atoms with Crippen LogP contribution >= 0.6 is 0 Å². The van der Waals surface area contributed by atoms with E-state index in [0.717, 1.165) is 11.1 Å². The van der Waals surface area contributed by atoms with Crippen molar-refractivity contribution >= 4 is 10.8 Å². The summed E-state index contributed by atoms with van der Waals surface area (Å²) < 4.78 is 12.7. The molecule has 2 aromatic carbocycles. The first-order valence-electron chi connectivity index (χ1n) is 6.63.